The van der Waals surface area contributed by atoms with Crippen molar-refractivity contribution in [3.63, 3.8) is 0 Å². The summed E-state index contributed by atoms with van der Waals surface area (Å²) in [7, 11) is 1.79. The summed E-state index contributed by atoms with van der Waals surface area (Å²) >= 11 is 6.21. The molecule has 7 nitrogen and oxygen atoms in total. The number of halogens is 1. The number of hydrogen-bond acceptors (Lipinski definition) is 4. The van der Waals surface area contributed by atoms with E-state index >= 15 is 0 Å². The smallest absolute Gasteiger partial charge is 0.413 e. The quantitative estimate of drug-likeness (QED) is 0.315. The number of carboxylic acid groups (broad SMARTS) is 1. The maximum absolute atomic E-state index is 12.6. The van der Waals surface area contributed by atoms with E-state index in [1.54, 1.807) is 30.9 Å². The Hall–Kier alpha value is -4.10. The van der Waals surface area contributed by atoms with Crippen molar-refractivity contribution in [3.05, 3.63) is 95.3 Å². The molecule has 8 heteroatoms. The lowest BCUT2D eigenvalue weighted by Gasteiger charge is -2.16. The Morgan fingerprint density at radius 1 is 1.00 bits per heavy atom. The lowest BCUT2D eigenvalue weighted by Crippen LogP contribution is -2.18. The van der Waals surface area contributed by atoms with Crippen LogP contribution >= 0.6 is 11.6 Å². The van der Waals surface area contributed by atoms with Crippen molar-refractivity contribution in [2.24, 2.45) is 7.05 Å². The number of ether oxygens (including phenoxy) is 1. The highest BCUT2D eigenvalue weighted by Gasteiger charge is 2.18. The highest BCUT2D eigenvalue weighted by molar-refractivity contribution is 6.31. The summed E-state index contributed by atoms with van der Waals surface area (Å²) in [6.07, 6.45) is 0.480. The van der Waals surface area contributed by atoms with Crippen LogP contribution in [0.25, 0.3) is 22.4 Å². The van der Waals surface area contributed by atoms with Gasteiger partial charge in [0.05, 0.1) is 12.7 Å². The molecule has 4 aromatic rings. The molecule has 0 saturated carbocycles. The van der Waals surface area contributed by atoms with Crippen molar-refractivity contribution in [2.75, 3.05) is 5.32 Å². The first-order valence-electron chi connectivity index (χ1n) is 11.0. The second-order valence-corrected chi connectivity index (χ2v) is 8.50. The number of benzene rings is 3. The topological polar surface area (TPSA) is 93.4 Å². The number of nitrogens with zero attached hydrogens (tertiary/aromatic N) is 2. The minimum Gasteiger partial charge on any atom is -0.481 e. The zero-order chi connectivity index (χ0) is 24.9. The van der Waals surface area contributed by atoms with Crippen molar-refractivity contribution < 1.29 is 19.4 Å². The molecular formula is C27H24ClN3O4. The van der Waals surface area contributed by atoms with Crippen LogP contribution in [0, 0.1) is 0 Å². The number of nitrogens with one attached hydrogen (secondary N) is 1. The Labute approximate surface area is 208 Å². The Kier molecular flexibility index (Phi) is 7.17. The van der Waals surface area contributed by atoms with E-state index in [2.05, 4.69) is 10.3 Å². The molecule has 1 aromatic heterocycles. The van der Waals surface area contributed by atoms with Gasteiger partial charge in [-0.15, -0.1) is 0 Å². The van der Waals surface area contributed by atoms with Gasteiger partial charge < -0.3 is 14.4 Å². The predicted molar refractivity (Wildman–Crippen MR) is 135 cm³/mol. The first kappa shape index (κ1) is 24.0. The van der Waals surface area contributed by atoms with Crippen LogP contribution in [0.1, 0.15) is 24.2 Å². The van der Waals surface area contributed by atoms with Gasteiger partial charge in [-0.2, -0.15) is 0 Å². The summed E-state index contributed by atoms with van der Waals surface area (Å²) in [5, 5.41) is 12.3. The maximum atomic E-state index is 12.6. The summed E-state index contributed by atoms with van der Waals surface area (Å²) in [4.78, 5) is 27.9. The lowest BCUT2D eigenvalue weighted by molar-refractivity contribution is -0.136. The number of imidazole rings is 1. The summed E-state index contributed by atoms with van der Waals surface area (Å²) < 4.78 is 7.25. The predicted octanol–water partition coefficient (Wildman–Crippen LogP) is 6.34. The average molecular weight is 490 g/mol. The summed E-state index contributed by atoms with van der Waals surface area (Å²) in [5.74, 6) is -0.351. The van der Waals surface area contributed by atoms with Gasteiger partial charge in [0.1, 0.15) is 17.6 Å². The van der Waals surface area contributed by atoms with E-state index < -0.39 is 18.2 Å². The fourth-order valence-electron chi connectivity index (χ4n) is 3.75. The van der Waals surface area contributed by atoms with Crippen LogP contribution in [0.4, 0.5) is 10.6 Å². The van der Waals surface area contributed by atoms with Crippen molar-refractivity contribution in [2.45, 2.75) is 19.4 Å². The molecule has 1 amide bonds. The van der Waals surface area contributed by atoms with E-state index in [9.17, 15) is 9.59 Å². The number of carbonyl (C=O) groups is 2. The number of rotatable bonds is 7. The zero-order valence-corrected chi connectivity index (χ0v) is 20.0. The van der Waals surface area contributed by atoms with E-state index in [0.717, 1.165) is 27.8 Å². The number of amides is 1. The SMILES string of the molecule is CC(OC(=O)Nc1c(-c2ccc(-c3ccc(CC(=O)O)cc3)cc2)ncn1C)c1ccccc1Cl. The van der Waals surface area contributed by atoms with E-state index in [1.165, 1.54) is 0 Å². The third kappa shape index (κ3) is 5.70. The molecule has 35 heavy (non-hydrogen) atoms. The highest BCUT2D eigenvalue weighted by atomic mass is 35.5. The number of aliphatic carboxylic acids is 1. The molecule has 0 bridgehead atoms. The highest BCUT2D eigenvalue weighted by Crippen LogP contribution is 2.30. The van der Waals surface area contributed by atoms with Crippen LogP contribution < -0.4 is 5.32 Å². The molecule has 0 radical (unpaired) electrons. The van der Waals surface area contributed by atoms with Gasteiger partial charge in [-0.05, 0) is 29.7 Å². The molecule has 0 aliphatic heterocycles. The monoisotopic (exact) mass is 489 g/mol. The minimum absolute atomic E-state index is 0.00568. The van der Waals surface area contributed by atoms with E-state index in [1.807, 2.05) is 66.7 Å². The van der Waals surface area contributed by atoms with Crippen LogP contribution in [0.15, 0.2) is 79.1 Å². The molecule has 0 fully saturated rings. The van der Waals surface area contributed by atoms with E-state index in [-0.39, 0.29) is 6.42 Å². The molecule has 1 heterocycles. The van der Waals surface area contributed by atoms with Crippen LogP contribution in [-0.2, 0) is 23.0 Å². The molecule has 178 valence electrons. The molecular weight excluding hydrogens is 466 g/mol. The van der Waals surface area contributed by atoms with Crippen molar-refractivity contribution in [1.82, 2.24) is 9.55 Å². The van der Waals surface area contributed by atoms with Gasteiger partial charge in [0, 0.05) is 23.2 Å². The van der Waals surface area contributed by atoms with Crippen molar-refractivity contribution in [3.8, 4) is 22.4 Å². The Bertz CT molecular complexity index is 1350. The maximum Gasteiger partial charge on any atom is 0.413 e. The average Bonchev–Trinajstić information content (AvgIpc) is 3.19. The fraction of sp³-hybridized carbons (Fsp3) is 0.148. The number of carboxylic acids is 1. The molecule has 4 rings (SSSR count). The van der Waals surface area contributed by atoms with Crippen LogP contribution in [0.2, 0.25) is 5.02 Å². The summed E-state index contributed by atoms with van der Waals surface area (Å²) in [5.41, 5.74) is 4.86. The Balaban J connectivity index is 1.48. The van der Waals surface area contributed by atoms with Crippen LogP contribution in [-0.4, -0.2) is 26.7 Å². The largest absolute Gasteiger partial charge is 0.481 e. The molecule has 3 aromatic carbocycles. The molecule has 0 saturated heterocycles. The molecule has 0 aliphatic rings. The number of hydrogen-bond donors (Lipinski definition) is 2. The lowest BCUT2D eigenvalue weighted by atomic mass is 10.0. The van der Waals surface area contributed by atoms with Gasteiger partial charge in [0.15, 0.2) is 0 Å². The van der Waals surface area contributed by atoms with Crippen LogP contribution in [0.5, 0.6) is 0 Å². The van der Waals surface area contributed by atoms with Crippen LogP contribution in [0.3, 0.4) is 0 Å². The Morgan fingerprint density at radius 3 is 2.23 bits per heavy atom. The molecule has 1 atom stereocenters. The van der Waals surface area contributed by atoms with E-state index in [0.29, 0.717) is 16.5 Å². The number of carbonyl (C=O) groups excluding carboxylic acids is 1. The zero-order valence-electron chi connectivity index (χ0n) is 19.2. The van der Waals surface area contributed by atoms with Crippen molar-refractivity contribution in [1.29, 1.82) is 0 Å². The van der Waals surface area contributed by atoms with Gasteiger partial charge in [0.2, 0.25) is 0 Å². The normalized spacial score (nSPS) is 11.6. The third-order valence-electron chi connectivity index (χ3n) is 5.59. The van der Waals surface area contributed by atoms with Gasteiger partial charge in [-0.3, -0.25) is 10.1 Å². The van der Waals surface area contributed by atoms with Gasteiger partial charge in [-0.25, -0.2) is 9.78 Å². The second-order valence-electron chi connectivity index (χ2n) is 8.09. The fourth-order valence-corrected chi connectivity index (χ4v) is 4.04. The molecule has 1 unspecified atom stereocenters. The first-order chi connectivity index (χ1) is 16.8. The first-order valence-corrected chi connectivity index (χ1v) is 11.3. The van der Waals surface area contributed by atoms with Gasteiger partial charge >= 0.3 is 12.1 Å². The number of aromatic nitrogens is 2. The van der Waals surface area contributed by atoms with E-state index in [4.69, 9.17) is 21.4 Å². The van der Waals surface area contributed by atoms with Gasteiger partial charge in [-0.1, -0.05) is 78.3 Å². The summed E-state index contributed by atoms with van der Waals surface area (Å²) in [6.45, 7) is 1.76. The number of anilines is 1. The molecule has 0 spiro atoms. The minimum atomic E-state index is -0.857. The van der Waals surface area contributed by atoms with Crippen molar-refractivity contribution >= 4 is 29.5 Å². The number of aryl methyl sites for hydroxylation is 1. The molecule has 0 aliphatic carbocycles. The summed E-state index contributed by atoms with van der Waals surface area (Å²) in [6, 6.07) is 22.4. The second kappa shape index (κ2) is 10.4. The standard InChI is InChI=1S/C27H24ClN3O4/c1-17(22-5-3-4-6-23(22)28)35-27(34)30-26-25(29-16-31(26)2)21-13-11-20(12-14-21)19-9-7-18(8-10-19)15-24(32)33/h3-14,16-17H,15H2,1-2H3,(H,30,34)(H,32,33). The van der Waals surface area contributed by atoms with Gasteiger partial charge in [0.25, 0.3) is 0 Å². The third-order valence-corrected chi connectivity index (χ3v) is 5.93. The molecule has 2 N–H and O–H groups in total. The Morgan fingerprint density at radius 2 is 1.60 bits per heavy atom.